The number of hydrogen-bond donors (Lipinski definition) is 1. The lowest BCUT2D eigenvalue weighted by Gasteiger charge is -2.48. The van der Waals surface area contributed by atoms with Gasteiger partial charge in [-0.15, -0.1) is 35.3 Å². The van der Waals surface area contributed by atoms with Crippen molar-refractivity contribution in [3.05, 3.63) is 139 Å². The van der Waals surface area contributed by atoms with E-state index in [1.54, 1.807) is 47.2 Å². The Morgan fingerprint density at radius 3 is 1.82 bits per heavy atom. The minimum absolute atomic E-state index is 0.0118. The normalized spacial score (nSPS) is 15.6. The first-order valence-electron chi connectivity index (χ1n) is 23.0. The van der Waals surface area contributed by atoms with Crippen molar-refractivity contribution in [1.82, 2.24) is 0 Å². The van der Waals surface area contributed by atoms with Gasteiger partial charge in [0.1, 0.15) is 34.5 Å². The zero-order valence-corrected chi connectivity index (χ0v) is 41.4. The third kappa shape index (κ3) is 5.15. The number of nitrogens with zero attached hydrogens (tertiary/aromatic N) is 2. The number of anilines is 7. The first-order valence-corrected chi connectivity index (χ1v) is 27.9. The molecule has 8 aromatic rings. The molecule has 326 valence electrons. The van der Waals surface area contributed by atoms with E-state index in [9.17, 15) is 0 Å². The largest absolute Gasteiger partial charge is 0.458 e. The molecular weight excluding hydrogens is 911 g/mol. The molecule has 7 aliphatic heterocycles. The van der Waals surface area contributed by atoms with Gasteiger partial charge in [-0.05, 0) is 134 Å². The van der Waals surface area contributed by atoms with Crippen molar-refractivity contribution < 1.29 is 14.2 Å². The molecule has 0 saturated heterocycles. The van der Waals surface area contributed by atoms with Gasteiger partial charge in [-0.25, -0.2) is 0 Å². The van der Waals surface area contributed by atoms with Gasteiger partial charge in [0.05, 0.1) is 17.1 Å². The highest BCUT2D eigenvalue weighted by atomic mass is 32.2. The first-order chi connectivity index (χ1) is 33.3. The van der Waals surface area contributed by atoms with Gasteiger partial charge >= 0.3 is 0 Å². The van der Waals surface area contributed by atoms with Crippen molar-refractivity contribution in [2.45, 2.75) is 33.9 Å². The number of hydrogen-bond acceptors (Lipinski definition) is 10. The van der Waals surface area contributed by atoms with Crippen LogP contribution in [0.1, 0.15) is 25.0 Å². The van der Waals surface area contributed by atoms with E-state index >= 15 is 0 Å². The average molecular weight is 952 g/mol. The van der Waals surface area contributed by atoms with Crippen molar-refractivity contribution in [2.75, 3.05) is 39.5 Å². The summed E-state index contributed by atoms with van der Waals surface area (Å²) in [6, 6.07) is 47.9. The van der Waals surface area contributed by atoms with Crippen molar-refractivity contribution in [1.29, 1.82) is 0 Å². The molecule has 68 heavy (non-hydrogen) atoms. The van der Waals surface area contributed by atoms with Crippen molar-refractivity contribution in [2.24, 2.45) is 0 Å². The number of para-hydroxylation sites is 3. The summed E-state index contributed by atoms with van der Waals surface area (Å²) in [5.41, 5.74) is 21.8. The molecule has 7 heterocycles. The Morgan fingerprint density at radius 2 is 1.04 bits per heavy atom. The molecular formula is C55H40B3N3O3S4. The van der Waals surface area contributed by atoms with Crippen LogP contribution in [-0.2, 0) is 5.41 Å². The molecule has 0 aromatic heterocycles. The van der Waals surface area contributed by atoms with Gasteiger partial charge in [-0.3, -0.25) is 4.31 Å². The van der Waals surface area contributed by atoms with Crippen LogP contribution in [0.3, 0.4) is 0 Å². The molecule has 6 nitrogen and oxygen atoms in total. The predicted molar refractivity (Wildman–Crippen MR) is 294 cm³/mol. The van der Waals surface area contributed by atoms with Gasteiger partial charge in [0.2, 0.25) is 0 Å². The topological polar surface area (TPSA) is 46.2 Å². The second-order valence-electron chi connectivity index (χ2n) is 19.1. The zero-order chi connectivity index (χ0) is 45.5. The number of rotatable bonds is 4. The van der Waals surface area contributed by atoms with Gasteiger partial charge in [-0.1, -0.05) is 80.6 Å². The van der Waals surface area contributed by atoms with Gasteiger partial charge in [0, 0.05) is 66.7 Å². The molecule has 7 aliphatic rings. The van der Waals surface area contributed by atoms with Crippen LogP contribution in [0, 0.1) is 0 Å². The molecule has 0 saturated carbocycles. The lowest BCUT2D eigenvalue weighted by Crippen LogP contribution is -2.64. The molecule has 1 N–H and O–H groups in total. The van der Waals surface area contributed by atoms with Crippen LogP contribution < -0.4 is 77.9 Å². The quantitative estimate of drug-likeness (QED) is 0.105. The monoisotopic (exact) mass is 951 g/mol. The van der Waals surface area contributed by atoms with Crippen LogP contribution in [0.15, 0.2) is 142 Å². The van der Waals surface area contributed by atoms with Crippen LogP contribution in [0.5, 0.6) is 34.5 Å². The fraction of sp³-hybridized carbons (Fsp3) is 0.127. The summed E-state index contributed by atoms with van der Waals surface area (Å²) >= 11 is 6.97. The summed E-state index contributed by atoms with van der Waals surface area (Å²) in [6.45, 7) is 4.59. The first kappa shape index (κ1) is 40.1. The number of thioether (sulfide) groups is 3. The van der Waals surface area contributed by atoms with E-state index in [0.29, 0.717) is 0 Å². The maximum absolute atomic E-state index is 7.16. The molecule has 0 unspecified atom stereocenters. The maximum Gasteiger partial charge on any atom is 0.260 e. The van der Waals surface area contributed by atoms with E-state index in [1.165, 1.54) is 70.8 Å². The van der Waals surface area contributed by atoms with E-state index in [2.05, 4.69) is 181 Å². The molecule has 8 aromatic carbocycles. The van der Waals surface area contributed by atoms with E-state index in [0.717, 1.165) is 78.5 Å². The van der Waals surface area contributed by atoms with Gasteiger partial charge in [0.25, 0.3) is 20.1 Å². The lowest BCUT2D eigenvalue weighted by atomic mass is 9.30. The van der Waals surface area contributed by atoms with Crippen LogP contribution in [0.25, 0.3) is 0 Å². The minimum Gasteiger partial charge on any atom is -0.458 e. The molecule has 0 atom stereocenters. The number of fused-ring (bicyclic) bond motifs is 14. The zero-order valence-electron chi connectivity index (χ0n) is 38.1. The van der Waals surface area contributed by atoms with Crippen molar-refractivity contribution in [3.63, 3.8) is 0 Å². The van der Waals surface area contributed by atoms with E-state index in [4.69, 9.17) is 14.2 Å². The third-order valence-corrected chi connectivity index (χ3v) is 18.5. The van der Waals surface area contributed by atoms with Crippen LogP contribution in [0.4, 0.5) is 39.8 Å². The Bertz CT molecular complexity index is 3640. The molecule has 15 rings (SSSR count). The molecule has 13 heteroatoms. The Balaban J connectivity index is 0.978. The summed E-state index contributed by atoms with van der Waals surface area (Å²) in [5, 5.41) is 4.01. The molecule has 0 spiro atoms. The minimum atomic E-state index is -0.189. The van der Waals surface area contributed by atoms with Crippen LogP contribution >= 0.6 is 47.2 Å². The van der Waals surface area contributed by atoms with Crippen molar-refractivity contribution >= 4 is 156 Å². The van der Waals surface area contributed by atoms with E-state index in [-0.39, 0.29) is 25.6 Å². The Morgan fingerprint density at radius 1 is 0.441 bits per heavy atom. The Kier molecular flexibility index (Phi) is 8.33. The SMILES string of the molecule is CSc1cc2c3c(c1)Oc1cc4c(cc1B3c1cc3c(cc1O2)Nc1cc(SC)cc2c1B3c1cccc3c1N2c1ccccc1C3(C)C)B1c2ccccc2Oc2cc(SC)cc(c21)N4SC. The lowest BCUT2D eigenvalue weighted by molar-refractivity contribution is 0.462. The summed E-state index contributed by atoms with van der Waals surface area (Å²) in [6.07, 6.45) is 8.60. The molecule has 0 amide bonds. The van der Waals surface area contributed by atoms with Gasteiger partial charge in [-0.2, -0.15) is 0 Å². The van der Waals surface area contributed by atoms with Gasteiger partial charge in [0.15, 0.2) is 0 Å². The maximum atomic E-state index is 7.16. The number of benzene rings is 8. The van der Waals surface area contributed by atoms with Crippen LogP contribution in [0.2, 0.25) is 0 Å². The third-order valence-electron chi connectivity index (χ3n) is 15.6. The standard InChI is InChI=1S/C55H40B3N3O3S4/c1-55(2)31-12-7-9-16-41(31)60-43-19-28(65-3)18-40-51(43)57(34-15-11-13-32(55)54(34)60)35-24-37-46(26-39(35)59-40)63-49-22-30(67-5)23-50-53(49)58(37)38-25-36-42(27-47(38)64-50)61(68-6)44-20-29(66-4)21-48-52(44)56(36)33-14-8-10-17-45(33)62-48/h7-27,59H,1-6H3. The van der Waals surface area contributed by atoms with Crippen molar-refractivity contribution in [3.8, 4) is 34.5 Å². The highest BCUT2D eigenvalue weighted by Crippen LogP contribution is 2.54. The summed E-state index contributed by atoms with van der Waals surface area (Å²) in [4.78, 5) is 6.07. The Labute approximate surface area is 414 Å². The predicted octanol–water partition coefficient (Wildman–Crippen LogP) is 8.93. The molecule has 0 aliphatic carbocycles. The second-order valence-corrected chi connectivity index (χ2v) is 22.5. The fourth-order valence-electron chi connectivity index (χ4n) is 12.7. The average Bonchev–Trinajstić information content (AvgIpc) is 3.36. The highest BCUT2D eigenvalue weighted by molar-refractivity contribution is 8.00. The van der Waals surface area contributed by atoms with E-state index in [1.807, 2.05) is 0 Å². The van der Waals surface area contributed by atoms with Gasteiger partial charge < -0.3 is 24.4 Å². The van der Waals surface area contributed by atoms with Crippen LogP contribution in [-0.4, -0.2) is 45.2 Å². The molecule has 0 radical (unpaired) electrons. The number of nitrogens with one attached hydrogen (secondary N) is 1. The highest BCUT2D eigenvalue weighted by Gasteiger charge is 2.50. The smallest absolute Gasteiger partial charge is 0.260 e. The molecule has 0 fully saturated rings. The number of ether oxygens (including phenoxy) is 3. The summed E-state index contributed by atoms with van der Waals surface area (Å²) in [5.74, 6) is 5.28. The van der Waals surface area contributed by atoms with E-state index < -0.39 is 0 Å². The fourth-order valence-corrected chi connectivity index (χ4v) is 14.7. The molecule has 0 bridgehead atoms. The second kappa shape index (κ2) is 14.1. The summed E-state index contributed by atoms with van der Waals surface area (Å²) < 4.78 is 23.5. The summed E-state index contributed by atoms with van der Waals surface area (Å²) in [7, 11) is 0. The Hall–Kier alpha value is -5.85.